The predicted molar refractivity (Wildman–Crippen MR) is 75.9 cm³/mol. The third kappa shape index (κ3) is 3.47. The Labute approximate surface area is 117 Å². The molecule has 0 N–H and O–H groups in total. The van der Waals surface area contributed by atoms with Gasteiger partial charge < -0.3 is 4.74 Å². The standard InChI is InChI=1S/C15H20BrFO/c1-10(2)14(16)5-3-4-13-9-11-8-12(17)6-7-15(11)18-13/h6-8,10,13-14H,3-5,9H2,1-2H3. The van der Waals surface area contributed by atoms with Crippen molar-refractivity contribution in [3.8, 4) is 5.75 Å². The van der Waals surface area contributed by atoms with Crippen LogP contribution in [0.15, 0.2) is 18.2 Å². The molecular weight excluding hydrogens is 295 g/mol. The van der Waals surface area contributed by atoms with Crippen molar-refractivity contribution in [2.24, 2.45) is 5.92 Å². The number of benzene rings is 1. The number of halogens is 2. The Morgan fingerprint density at radius 3 is 2.94 bits per heavy atom. The highest BCUT2D eigenvalue weighted by Gasteiger charge is 2.23. The average molecular weight is 315 g/mol. The van der Waals surface area contributed by atoms with Crippen LogP contribution in [0.5, 0.6) is 5.75 Å². The molecule has 0 spiro atoms. The molecule has 0 radical (unpaired) electrons. The first-order valence-electron chi connectivity index (χ1n) is 6.65. The van der Waals surface area contributed by atoms with Crippen LogP contribution in [0.3, 0.4) is 0 Å². The van der Waals surface area contributed by atoms with E-state index in [1.807, 2.05) is 0 Å². The van der Waals surface area contributed by atoms with Gasteiger partial charge in [0.1, 0.15) is 17.7 Å². The smallest absolute Gasteiger partial charge is 0.123 e. The molecule has 3 heteroatoms. The number of alkyl halides is 1. The summed E-state index contributed by atoms with van der Waals surface area (Å²) in [5.41, 5.74) is 1.01. The van der Waals surface area contributed by atoms with Crippen molar-refractivity contribution in [1.29, 1.82) is 0 Å². The van der Waals surface area contributed by atoms with Crippen molar-refractivity contribution in [2.45, 2.75) is 50.5 Å². The number of hydrogen-bond donors (Lipinski definition) is 0. The molecule has 1 nitrogen and oxygen atoms in total. The molecule has 1 heterocycles. The molecule has 0 saturated heterocycles. The maximum Gasteiger partial charge on any atom is 0.123 e. The van der Waals surface area contributed by atoms with Crippen LogP contribution in [0.25, 0.3) is 0 Å². The molecule has 100 valence electrons. The van der Waals surface area contributed by atoms with Crippen LogP contribution in [0, 0.1) is 11.7 Å². The Morgan fingerprint density at radius 1 is 1.44 bits per heavy atom. The highest BCUT2D eigenvalue weighted by molar-refractivity contribution is 9.09. The molecule has 2 unspecified atom stereocenters. The van der Waals surface area contributed by atoms with Gasteiger partial charge in [-0.05, 0) is 43.4 Å². The van der Waals surface area contributed by atoms with E-state index in [0.29, 0.717) is 10.7 Å². The Morgan fingerprint density at radius 2 is 2.22 bits per heavy atom. The third-order valence-corrected chi connectivity index (χ3v) is 5.01. The van der Waals surface area contributed by atoms with Gasteiger partial charge in [0.15, 0.2) is 0 Å². The highest BCUT2D eigenvalue weighted by atomic mass is 79.9. The van der Waals surface area contributed by atoms with Crippen LogP contribution in [0.4, 0.5) is 4.39 Å². The van der Waals surface area contributed by atoms with Gasteiger partial charge in [-0.1, -0.05) is 29.8 Å². The number of ether oxygens (including phenoxy) is 1. The summed E-state index contributed by atoms with van der Waals surface area (Å²) in [5.74, 6) is 1.36. The second-order valence-corrected chi connectivity index (χ2v) is 6.56. The molecule has 1 aliphatic heterocycles. The predicted octanol–water partition coefficient (Wildman–Crippen LogP) is 4.72. The molecule has 0 aromatic heterocycles. The van der Waals surface area contributed by atoms with Gasteiger partial charge in [0.05, 0.1) is 0 Å². The van der Waals surface area contributed by atoms with Gasteiger partial charge in [-0.15, -0.1) is 0 Å². The van der Waals surface area contributed by atoms with Crippen molar-refractivity contribution < 1.29 is 9.13 Å². The van der Waals surface area contributed by atoms with Crippen molar-refractivity contribution in [3.63, 3.8) is 0 Å². The van der Waals surface area contributed by atoms with E-state index in [1.54, 1.807) is 12.1 Å². The van der Waals surface area contributed by atoms with Gasteiger partial charge in [0, 0.05) is 16.8 Å². The van der Waals surface area contributed by atoms with E-state index in [-0.39, 0.29) is 11.9 Å². The lowest BCUT2D eigenvalue weighted by atomic mass is 10.0. The first-order chi connectivity index (χ1) is 8.56. The summed E-state index contributed by atoms with van der Waals surface area (Å²) in [5, 5.41) is 0. The summed E-state index contributed by atoms with van der Waals surface area (Å²) in [7, 11) is 0. The Balaban J connectivity index is 1.78. The zero-order chi connectivity index (χ0) is 13.1. The molecule has 2 atom stereocenters. The molecule has 0 fully saturated rings. The SMILES string of the molecule is CC(C)C(Br)CCCC1Cc2cc(F)ccc2O1. The molecular formula is C15H20BrFO. The monoisotopic (exact) mass is 314 g/mol. The van der Waals surface area contributed by atoms with E-state index in [1.165, 1.54) is 12.5 Å². The first-order valence-corrected chi connectivity index (χ1v) is 7.57. The molecule has 1 aliphatic rings. The van der Waals surface area contributed by atoms with Gasteiger partial charge in [0.25, 0.3) is 0 Å². The number of rotatable bonds is 5. The van der Waals surface area contributed by atoms with Crippen molar-refractivity contribution in [1.82, 2.24) is 0 Å². The lowest BCUT2D eigenvalue weighted by molar-refractivity contribution is 0.216. The first kappa shape index (κ1) is 13.9. The van der Waals surface area contributed by atoms with Crippen LogP contribution >= 0.6 is 15.9 Å². The van der Waals surface area contributed by atoms with Crippen LogP contribution in [0.2, 0.25) is 0 Å². The Hall–Kier alpha value is -0.570. The summed E-state index contributed by atoms with van der Waals surface area (Å²) >= 11 is 3.70. The van der Waals surface area contributed by atoms with E-state index in [4.69, 9.17) is 4.74 Å². The van der Waals surface area contributed by atoms with E-state index in [9.17, 15) is 4.39 Å². The normalized spacial score (nSPS) is 19.7. The van der Waals surface area contributed by atoms with E-state index < -0.39 is 0 Å². The lowest BCUT2D eigenvalue weighted by Crippen LogP contribution is -2.14. The van der Waals surface area contributed by atoms with Crippen molar-refractivity contribution in [2.75, 3.05) is 0 Å². The maximum atomic E-state index is 13.1. The molecule has 0 bridgehead atoms. The fraction of sp³-hybridized carbons (Fsp3) is 0.600. The Bertz CT molecular complexity index is 405. The van der Waals surface area contributed by atoms with Gasteiger partial charge in [-0.25, -0.2) is 4.39 Å². The van der Waals surface area contributed by atoms with Crippen LogP contribution < -0.4 is 4.74 Å². The maximum absolute atomic E-state index is 13.1. The molecule has 1 aromatic carbocycles. The third-order valence-electron chi connectivity index (χ3n) is 3.49. The summed E-state index contributed by atoms with van der Waals surface area (Å²) in [6.07, 6.45) is 4.44. The fourth-order valence-electron chi connectivity index (χ4n) is 2.32. The summed E-state index contributed by atoms with van der Waals surface area (Å²) in [6, 6.07) is 4.80. The molecule has 18 heavy (non-hydrogen) atoms. The molecule has 1 aromatic rings. The zero-order valence-corrected chi connectivity index (χ0v) is 12.5. The summed E-state index contributed by atoms with van der Waals surface area (Å²) in [4.78, 5) is 0.582. The lowest BCUT2D eigenvalue weighted by Gasteiger charge is -2.15. The van der Waals surface area contributed by atoms with Crippen molar-refractivity contribution in [3.05, 3.63) is 29.6 Å². The second-order valence-electron chi connectivity index (χ2n) is 5.39. The number of fused-ring (bicyclic) bond motifs is 1. The molecule has 0 saturated carbocycles. The van der Waals surface area contributed by atoms with Gasteiger partial charge in [-0.2, -0.15) is 0 Å². The number of hydrogen-bond acceptors (Lipinski definition) is 1. The molecule has 2 rings (SSSR count). The minimum atomic E-state index is -0.168. The van der Waals surface area contributed by atoms with E-state index in [0.717, 1.165) is 30.6 Å². The summed E-state index contributed by atoms with van der Waals surface area (Å²) < 4.78 is 18.9. The minimum absolute atomic E-state index is 0.168. The quantitative estimate of drug-likeness (QED) is 0.715. The second kappa shape index (κ2) is 6.05. The van der Waals surface area contributed by atoms with Crippen LogP contribution in [-0.2, 0) is 6.42 Å². The fourth-order valence-corrected chi connectivity index (χ4v) is 2.65. The topological polar surface area (TPSA) is 9.23 Å². The van der Waals surface area contributed by atoms with Crippen LogP contribution in [0.1, 0.15) is 38.7 Å². The van der Waals surface area contributed by atoms with E-state index >= 15 is 0 Å². The Kier molecular flexibility index (Phi) is 4.66. The van der Waals surface area contributed by atoms with Crippen molar-refractivity contribution >= 4 is 15.9 Å². The average Bonchev–Trinajstić information content (AvgIpc) is 2.70. The largest absolute Gasteiger partial charge is 0.490 e. The van der Waals surface area contributed by atoms with Crippen LogP contribution in [-0.4, -0.2) is 10.9 Å². The van der Waals surface area contributed by atoms with Gasteiger partial charge in [-0.3, -0.25) is 0 Å². The van der Waals surface area contributed by atoms with E-state index in [2.05, 4.69) is 29.8 Å². The molecule has 0 aliphatic carbocycles. The zero-order valence-electron chi connectivity index (χ0n) is 11.0. The minimum Gasteiger partial charge on any atom is -0.490 e. The summed E-state index contributed by atoms with van der Waals surface area (Å²) in [6.45, 7) is 4.45. The van der Waals surface area contributed by atoms with Gasteiger partial charge >= 0.3 is 0 Å². The molecule has 0 amide bonds. The van der Waals surface area contributed by atoms with Gasteiger partial charge in [0.2, 0.25) is 0 Å². The highest BCUT2D eigenvalue weighted by Crippen LogP contribution is 2.31.